The molecule has 0 aromatic heterocycles. The summed E-state index contributed by atoms with van der Waals surface area (Å²) in [5.74, 6) is -0.360. The molecular formula is C31H35BrCl2N2O6. The molecule has 11 heteroatoms. The molecule has 0 bridgehead atoms. The van der Waals surface area contributed by atoms with Crippen molar-refractivity contribution >= 4 is 56.8 Å². The first kappa shape index (κ1) is 33.7. The van der Waals surface area contributed by atoms with E-state index in [0.29, 0.717) is 54.4 Å². The van der Waals surface area contributed by atoms with E-state index in [-0.39, 0.29) is 19.1 Å². The van der Waals surface area contributed by atoms with Gasteiger partial charge in [0.15, 0.2) is 6.10 Å². The van der Waals surface area contributed by atoms with E-state index in [0.717, 1.165) is 28.4 Å². The number of nitrogens with zero attached hydrogens (tertiary/aromatic N) is 1. The largest absolute Gasteiger partial charge is 0.492 e. The summed E-state index contributed by atoms with van der Waals surface area (Å²) in [7, 11) is 0. The topological polar surface area (TPSA) is 97.3 Å². The van der Waals surface area contributed by atoms with Crippen LogP contribution in [0.4, 0.5) is 10.5 Å². The number of unbranched alkanes of at least 4 members (excludes halogenated alkanes) is 1. The van der Waals surface area contributed by atoms with Gasteiger partial charge in [-0.05, 0) is 85.5 Å². The number of urea groups is 1. The van der Waals surface area contributed by atoms with Crippen molar-refractivity contribution in [3.05, 3.63) is 92.4 Å². The predicted molar refractivity (Wildman–Crippen MR) is 169 cm³/mol. The Balaban J connectivity index is 1.49. The number of carbonyl (C=O) groups is 2. The molecule has 3 aromatic rings. The normalized spacial score (nSPS) is 11.6. The van der Waals surface area contributed by atoms with Crippen LogP contribution in [0, 0.1) is 0 Å². The van der Waals surface area contributed by atoms with E-state index in [1.54, 1.807) is 30.0 Å². The van der Waals surface area contributed by atoms with E-state index < -0.39 is 12.1 Å². The fraction of sp³-hybridized carbons (Fsp3) is 0.355. The average Bonchev–Trinajstić information content (AvgIpc) is 2.95. The number of hydrogen-bond acceptors (Lipinski definition) is 5. The standard InChI is InChI=1S/C31H35BrCl2N2O6/c1-2-41-29(30(37)38)19-22-5-11-28(12-6-22)42-16-14-36(31(39)35-27-9-7-24(32)8-10-27)13-3-4-15-40-21-23-17-25(33)20-26(34)18-23/h5-12,17-18,20,29H,2-4,13-16,19,21H2,1H3,(H,35,39)(H,37,38). The van der Waals surface area contributed by atoms with Crippen molar-refractivity contribution in [2.24, 2.45) is 0 Å². The molecule has 2 amide bonds. The van der Waals surface area contributed by atoms with Crippen LogP contribution in [0.25, 0.3) is 0 Å². The molecule has 3 aromatic carbocycles. The SMILES string of the molecule is CCOC(Cc1ccc(OCCN(CCCCOCc2cc(Cl)cc(Cl)c2)C(=O)Nc2ccc(Br)cc2)cc1)C(=O)O. The summed E-state index contributed by atoms with van der Waals surface area (Å²) in [6.45, 7) is 4.21. The van der Waals surface area contributed by atoms with Crippen LogP contribution in [0.2, 0.25) is 10.0 Å². The second-order valence-electron chi connectivity index (χ2n) is 9.44. The first-order chi connectivity index (χ1) is 20.2. The van der Waals surface area contributed by atoms with Crippen LogP contribution in [0.15, 0.2) is 71.2 Å². The molecule has 226 valence electrons. The third-order valence-corrected chi connectivity index (χ3v) is 7.12. The molecule has 8 nitrogen and oxygen atoms in total. The molecular weight excluding hydrogens is 647 g/mol. The summed E-state index contributed by atoms with van der Waals surface area (Å²) in [6, 6.07) is 19.7. The van der Waals surface area contributed by atoms with Gasteiger partial charge in [-0.25, -0.2) is 9.59 Å². The van der Waals surface area contributed by atoms with Gasteiger partial charge in [-0.15, -0.1) is 0 Å². The van der Waals surface area contributed by atoms with E-state index in [4.69, 9.17) is 37.4 Å². The zero-order valence-electron chi connectivity index (χ0n) is 23.4. The van der Waals surface area contributed by atoms with E-state index in [1.165, 1.54) is 0 Å². The lowest BCUT2D eigenvalue weighted by Crippen LogP contribution is -2.38. The van der Waals surface area contributed by atoms with Crippen molar-refractivity contribution in [3.8, 4) is 5.75 Å². The maximum Gasteiger partial charge on any atom is 0.333 e. The molecule has 0 aliphatic carbocycles. The van der Waals surface area contributed by atoms with Gasteiger partial charge in [-0.2, -0.15) is 0 Å². The Morgan fingerprint density at radius 3 is 2.26 bits per heavy atom. The molecule has 1 atom stereocenters. The zero-order chi connectivity index (χ0) is 30.3. The summed E-state index contributed by atoms with van der Waals surface area (Å²) < 4.78 is 17.9. The minimum atomic E-state index is -0.990. The molecule has 0 radical (unpaired) electrons. The van der Waals surface area contributed by atoms with Gasteiger partial charge in [0.05, 0.1) is 13.2 Å². The number of benzene rings is 3. The van der Waals surface area contributed by atoms with Gasteiger partial charge in [-0.1, -0.05) is 51.3 Å². The maximum absolute atomic E-state index is 13.1. The van der Waals surface area contributed by atoms with Gasteiger partial charge in [0.25, 0.3) is 0 Å². The van der Waals surface area contributed by atoms with E-state index in [9.17, 15) is 14.7 Å². The Hall–Kier alpha value is -2.82. The van der Waals surface area contributed by atoms with Crippen LogP contribution in [0.3, 0.4) is 0 Å². The molecule has 0 aliphatic heterocycles. The first-order valence-corrected chi connectivity index (χ1v) is 15.2. The van der Waals surface area contributed by atoms with E-state index in [2.05, 4.69) is 21.2 Å². The van der Waals surface area contributed by atoms with Crippen molar-refractivity contribution in [3.63, 3.8) is 0 Å². The van der Waals surface area contributed by atoms with E-state index >= 15 is 0 Å². The van der Waals surface area contributed by atoms with E-state index in [1.807, 2.05) is 48.5 Å². The quantitative estimate of drug-likeness (QED) is 0.142. The van der Waals surface area contributed by atoms with Crippen molar-refractivity contribution in [1.29, 1.82) is 0 Å². The number of rotatable bonds is 17. The van der Waals surface area contributed by atoms with Gasteiger partial charge in [0.2, 0.25) is 0 Å². The van der Waals surface area contributed by atoms with Crippen molar-refractivity contribution in [2.45, 2.75) is 38.9 Å². The smallest absolute Gasteiger partial charge is 0.333 e. The van der Waals surface area contributed by atoms with Crippen LogP contribution in [-0.2, 0) is 27.3 Å². The van der Waals surface area contributed by atoms with Crippen LogP contribution < -0.4 is 10.1 Å². The minimum absolute atomic E-state index is 0.221. The molecule has 3 rings (SSSR count). The summed E-state index contributed by atoms with van der Waals surface area (Å²) in [4.78, 5) is 26.2. The second kappa shape index (κ2) is 18.0. The van der Waals surface area contributed by atoms with Crippen LogP contribution >= 0.6 is 39.1 Å². The molecule has 0 spiro atoms. The fourth-order valence-electron chi connectivity index (χ4n) is 4.07. The van der Waals surface area contributed by atoms with Crippen molar-refractivity contribution in [2.75, 3.05) is 38.2 Å². The number of amides is 2. The highest BCUT2D eigenvalue weighted by atomic mass is 79.9. The first-order valence-electron chi connectivity index (χ1n) is 13.6. The lowest BCUT2D eigenvalue weighted by atomic mass is 10.1. The van der Waals surface area contributed by atoms with Crippen molar-refractivity contribution < 1.29 is 28.9 Å². The summed E-state index contributed by atoms with van der Waals surface area (Å²) in [5, 5.41) is 13.4. The zero-order valence-corrected chi connectivity index (χ0v) is 26.5. The molecule has 1 unspecified atom stereocenters. The van der Waals surface area contributed by atoms with Gasteiger partial charge in [-0.3, -0.25) is 0 Å². The van der Waals surface area contributed by atoms with Gasteiger partial charge in [0, 0.05) is 46.4 Å². The number of ether oxygens (including phenoxy) is 3. The Bertz CT molecular complexity index is 1260. The number of halogens is 3. The average molecular weight is 682 g/mol. The molecule has 0 fully saturated rings. The molecule has 2 N–H and O–H groups in total. The third-order valence-electron chi connectivity index (χ3n) is 6.16. The highest BCUT2D eigenvalue weighted by molar-refractivity contribution is 9.10. The lowest BCUT2D eigenvalue weighted by Gasteiger charge is -2.23. The molecule has 0 aliphatic rings. The minimum Gasteiger partial charge on any atom is -0.492 e. The Kier molecular flexibility index (Phi) is 14.4. The maximum atomic E-state index is 13.1. The predicted octanol–water partition coefficient (Wildman–Crippen LogP) is 7.70. The van der Waals surface area contributed by atoms with Gasteiger partial charge >= 0.3 is 12.0 Å². The fourth-order valence-corrected chi connectivity index (χ4v) is 4.91. The summed E-state index contributed by atoms with van der Waals surface area (Å²) >= 11 is 15.5. The number of carboxylic acids is 1. The van der Waals surface area contributed by atoms with Crippen LogP contribution in [0.5, 0.6) is 5.75 Å². The molecule has 0 saturated carbocycles. The Labute approximate surface area is 265 Å². The lowest BCUT2D eigenvalue weighted by molar-refractivity contribution is -0.149. The van der Waals surface area contributed by atoms with Crippen LogP contribution in [-0.4, -0.2) is 61.0 Å². The monoisotopic (exact) mass is 680 g/mol. The molecule has 0 heterocycles. The van der Waals surface area contributed by atoms with Crippen LogP contribution in [0.1, 0.15) is 30.9 Å². The second-order valence-corrected chi connectivity index (χ2v) is 11.2. The number of anilines is 1. The summed E-state index contributed by atoms with van der Waals surface area (Å²) in [6.07, 6.45) is 0.880. The van der Waals surface area contributed by atoms with Gasteiger partial charge < -0.3 is 29.5 Å². The number of nitrogens with one attached hydrogen (secondary N) is 1. The molecule has 0 saturated heterocycles. The summed E-state index contributed by atoms with van der Waals surface area (Å²) in [5.41, 5.74) is 2.43. The highest BCUT2D eigenvalue weighted by Gasteiger charge is 2.18. The Morgan fingerprint density at radius 1 is 0.929 bits per heavy atom. The number of carboxylic acid groups (broad SMARTS) is 1. The number of carbonyl (C=O) groups excluding carboxylic acids is 1. The molecule has 42 heavy (non-hydrogen) atoms. The van der Waals surface area contributed by atoms with Gasteiger partial charge in [0.1, 0.15) is 12.4 Å². The highest BCUT2D eigenvalue weighted by Crippen LogP contribution is 2.20. The van der Waals surface area contributed by atoms with Crippen molar-refractivity contribution in [1.82, 2.24) is 4.90 Å². The Morgan fingerprint density at radius 2 is 1.62 bits per heavy atom. The number of aliphatic carboxylic acids is 1. The third kappa shape index (κ3) is 12.2. The number of hydrogen-bond donors (Lipinski definition) is 2.